The van der Waals surface area contributed by atoms with Crippen molar-refractivity contribution in [2.45, 2.75) is 18.7 Å². The first-order valence-electron chi connectivity index (χ1n) is 6.52. The normalized spacial score (nSPS) is 15.5. The molecular weight excluding hydrogens is 264 g/mol. The summed E-state index contributed by atoms with van der Waals surface area (Å²) in [7, 11) is 0. The molecule has 0 bridgehead atoms. The first kappa shape index (κ1) is 13.0. The lowest BCUT2D eigenvalue weighted by molar-refractivity contribution is 1.29. The molecule has 2 aromatic carbocycles. The Morgan fingerprint density at radius 3 is 2.65 bits per heavy atom. The molecule has 3 heteroatoms. The van der Waals surface area contributed by atoms with Crippen molar-refractivity contribution in [3.63, 3.8) is 0 Å². The van der Waals surface area contributed by atoms with E-state index in [-0.39, 0.29) is 0 Å². The Morgan fingerprint density at radius 2 is 1.90 bits per heavy atom. The molecule has 1 N–H and O–H groups in total. The molecule has 2 aromatic rings. The molecule has 100 valence electrons. The van der Waals surface area contributed by atoms with Crippen LogP contribution < -0.4 is 5.43 Å². The predicted molar refractivity (Wildman–Crippen MR) is 88.3 cm³/mol. The Balaban J connectivity index is 1.83. The van der Waals surface area contributed by atoms with E-state index in [2.05, 4.69) is 61.3 Å². The number of anilines is 1. The zero-order valence-corrected chi connectivity index (χ0v) is 12.4. The van der Waals surface area contributed by atoms with Crippen LogP contribution in [0.25, 0.3) is 5.57 Å². The summed E-state index contributed by atoms with van der Waals surface area (Å²) >= 11 is 1.66. The van der Waals surface area contributed by atoms with Gasteiger partial charge in [-0.05, 0) is 37.1 Å². The highest BCUT2D eigenvalue weighted by Crippen LogP contribution is 2.40. The second-order valence-electron chi connectivity index (χ2n) is 4.92. The van der Waals surface area contributed by atoms with E-state index in [1.165, 1.54) is 21.6 Å². The number of rotatable bonds is 2. The Hall–Kier alpha value is -2.00. The van der Waals surface area contributed by atoms with Crippen LogP contribution in [0.2, 0.25) is 0 Å². The van der Waals surface area contributed by atoms with Crippen LogP contribution in [0.15, 0.2) is 59.0 Å². The van der Waals surface area contributed by atoms with E-state index < -0.39 is 0 Å². The van der Waals surface area contributed by atoms with Crippen molar-refractivity contribution in [3.8, 4) is 0 Å². The highest BCUT2D eigenvalue weighted by molar-refractivity contribution is 8.15. The third kappa shape index (κ3) is 2.37. The van der Waals surface area contributed by atoms with Crippen LogP contribution in [0, 0.1) is 13.8 Å². The van der Waals surface area contributed by atoms with E-state index in [0.29, 0.717) is 0 Å². The molecule has 0 fully saturated rings. The van der Waals surface area contributed by atoms with Crippen LogP contribution in [0.4, 0.5) is 5.69 Å². The topological polar surface area (TPSA) is 24.4 Å². The van der Waals surface area contributed by atoms with Gasteiger partial charge in [0.1, 0.15) is 5.04 Å². The lowest BCUT2D eigenvalue weighted by Gasteiger charge is -2.06. The summed E-state index contributed by atoms with van der Waals surface area (Å²) in [5.41, 5.74) is 8.81. The summed E-state index contributed by atoms with van der Waals surface area (Å²) in [6.45, 7) is 8.31. The molecule has 0 unspecified atom stereocenters. The summed E-state index contributed by atoms with van der Waals surface area (Å²) in [6.07, 6.45) is 0. The summed E-state index contributed by atoms with van der Waals surface area (Å²) < 4.78 is 0. The van der Waals surface area contributed by atoms with Gasteiger partial charge in [-0.25, -0.2) is 0 Å². The average Bonchev–Trinajstić information content (AvgIpc) is 2.75. The average molecular weight is 280 g/mol. The second-order valence-corrected chi connectivity index (χ2v) is 5.95. The third-order valence-electron chi connectivity index (χ3n) is 3.34. The Morgan fingerprint density at radius 1 is 1.10 bits per heavy atom. The molecule has 1 aliphatic heterocycles. The summed E-state index contributed by atoms with van der Waals surface area (Å²) in [5, 5.41) is 5.45. The van der Waals surface area contributed by atoms with Gasteiger partial charge in [0.2, 0.25) is 0 Å². The number of benzene rings is 2. The molecule has 0 spiro atoms. The summed E-state index contributed by atoms with van der Waals surface area (Å²) in [6, 6.07) is 14.6. The number of fused-ring (bicyclic) bond motifs is 1. The smallest absolute Gasteiger partial charge is 0.128 e. The number of thioether (sulfide) groups is 1. The van der Waals surface area contributed by atoms with Gasteiger partial charge in [0.25, 0.3) is 0 Å². The molecule has 1 aliphatic rings. The largest absolute Gasteiger partial charge is 0.277 e. The van der Waals surface area contributed by atoms with Gasteiger partial charge in [0.15, 0.2) is 0 Å². The van der Waals surface area contributed by atoms with Crippen LogP contribution in [0.5, 0.6) is 0 Å². The number of nitrogens with one attached hydrogen (secondary N) is 1. The molecule has 0 atom stereocenters. The fourth-order valence-corrected chi connectivity index (χ4v) is 3.21. The lowest BCUT2D eigenvalue weighted by atomic mass is 10.1. The maximum absolute atomic E-state index is 4.51. The van der Waals surface area contributed by atoms with Crippen molar-refractivity contribution in [1.29, 1.82) is 0 Å². The quantitative estimate of drug-likeness (QED) is 0.795. The highest BCUT2D eigenvalue weighted by atomic mass is 32.2. The summed E-state index contributed by atoms with van der Waals surface area (Å²) in [4.78, 5) is 1.22. The van der Waals surface area contributed by atoms with Crippen molar-refractivity contribution in [2.75, 3.05) is 5.43 Å². The van der Waals surface area contributed by atoms with Crippen molar-refractivity contribution in [2.24, 2.45) is 5.10 Å². The van der Waals surface area contributed by atoms with Gasteiger partial charge in [-0.1, -0.05) is 54.2 Å². The first-order chi connectivity index (χ1) is 9.65. The number of hydrogen-bond donors (Lipinski definition) is 1. The lowest BCUT2D eigenvalue weighted by Crippen LogP contribution is -1.97. The Kier molecular flexibility index (Phi) is 3.36. The molecule has 0 saturated heterocycles. The number of hydrogen-bond acceptors (Lipinski definition) is 3. The Bertz CT molecular complexity index is 717. The van der Waals surface area contributed by atoms with Gasteiger partial charge in [-0.3, -0.25) is 5.43 Å². The van der Waals surface area contributed by atoms with E-state index in [0.717, 1.165) is 16.3 Å². The molecule has 20 heavy (non-hydrogen) atoms. The molecule has 0 radical (unpaired) electrons. The molecule has 0 amide bonds. The van der Waals surface area contributed by atoms with E-state index in [1.807, 2.05) is 12.1 Å². The van der Waals surface area contributed by atoms with Gasteiger partial charge < -0.3 is 0 Å². The molecule has 0 saturated carbocycles. The van der Waals surface area contributed by atoms with Crippen molar-refractivity contribution >= 4 is 28.1 Å². The minimum absolute atomic E-state index is 0.936. The second kappa shape index (κ2) is 5.17. The van der Waals surface area contributed by atoms with Crippen molar-refractivity contribution in [1.82, 2.24) is 0 Å². The standard InChI is InChI=1S/C17H16N2S/c1-11-8-9-15(12(2)10-11)18-19-17-13(3)14-6-4-5-7-16(14)20-17/h4-10,18H,3H2,1-2H3/b19-17-. The van der Waals surface area contributed by atoms with Crippen LogP contribution in [-0.4, -0.2) is 5.04 Å². The summed E-state index contributed by atoms with van der Waals surface area (Å²) in [5.74, 6) is 0. The van der Waals surface area contributed by atoms with Crippen molar-refractivity contribution < 1.29 is 0 Å². The van der Waals surface area contributed by atoms with Gasteiger partial charge >= 0.3 is 0 Å². The molecule has 0 aliphatic carbocycles. The number of hydrazone groups is 1. The fourth-order valence-electron chi connectivity index (χ4n) is 2.23. The molecule has 1 heterocycles. The van der Waals surface area contributed by atoms with Crippen LogP contribution in [0.1, 0.15) is 16.7 Å². The highest BCUT2D eigenvalue weighted by Gasteiger charge is 2.21. The zero-order chi connectivity index (χ0) is 14.1. The van der Waals surface area contributed by atoms with Gasteiger partial charge in [0, 0.05) is 10.5 Å². The molecule has 3 rings (SSSR count). The van der Waals surface area contributed by atoms with E-state index >= 15 is 0 Å². The number of nitrogens with zero attached hydrogens (tertiary/aromatic N) is 1. The minimum Gasteiger partial charge on any atom is -0.277 e. The van der Waals surface area contributed by atoms with Gasteiger partial charge in [0.05, 0.1) is 5.69 Å². The molecular formula is C17H16N2S. The predicted octanol–water partition coefficient (Wildman–Crippen LogP) is 4.85. The zero-order valence-electron chi connectivity index (χ0n) is 11.6. The molecule has 0 aromatic heterocycles. The molecule has 2 nitrogen and oxygen atoms in total. The maximum Gasteiger partial charge on any atom is 0.128 e. The Labute approximate surface area is 123 Å². The van der Waals surface area contributed by atoms with Crippen LogP contribution in [0.3, 0.4) is 0 Å². The van der Waals surface area contributed by atoms with E-state index in [1.54, 1.807) is 11.8 Å². The SMILES string of the molecule is C=C1/C(=N/Nc2ccc(C)cc2C)Sc2ccccc21. The van der Waals surface area contributed by atoms with Crippen LogP contribution in [-0.2, 0) is 0 Å². The minimum atomic E-state index is 0.936. The van der Waals surface area contributed by atoms with Gasteiger partial charge in [-0.2, -0.15) is 5.10 Å². The maximum atomic E-state index is 4.51. The van der Waals surface area contributed by atoms with E-state index in [4.69, 9.17) is 0 Å². The van der Waals surface area contributed by atoms with Gasteiger partial charge in [-0.15, -0.1) is 0 Å². The monoisotopic (exact) mass is 280 g/mol. The van der Waals surface area contributed by atoms with Crippen molar-refractivity contribution in [3.05, 3.63) is 65.7 Å². The number of aryl methyl sites for hydroxylation is 2. The van der Waals surface area contributed by atoms with E-state index in [9.17, 15) is 0 Å². The fraction of sp³-hybridized carbons (Fsp3) is 0.118. The third-order valence-corrected chi connectivity index (χ3v) is 4.44. The van der Waals surface area contributed by atoms with Crippen LogP contribution >= 0.6 is 11.8 Å². The first-order valence-corrected chi connectivity index (χ1v) is 7.34.